The van der Waals surface area contributed by atoms with E-state index in [0.29, 0.717) is 6.04 Å². The zero-order valence-corrected chi connectivity index (χ0v) is 11.2. The van der Waals surface area contributed by atoms with Gasteiger partial charge in [-0.15, -0.1) is 0 Å². The van der Waals surface area contributed by atoms with Crippen LogP contribution >= 0.6 is 0 Å². The van der Waals surface area contributed by atoms with Crippen LogP contribution in [0.1, 0.15) is 60.3 Å². The molecule has 0 amide bonds. The fourth-order valence-corrected chi connectivity index (χ4v) is 2.63. The molecule has 0 saturated heterocycles. The molecule has 0 spiro atoms. The van der Waals surface area contributed by atoms with Crippen molar-refractivity contribution in [2.75, 3.05) is 0 Å². The maximum absolute atomic E-state index is 3.81. The number of hydrogen-bond donors (Lipinski definition) is 1. The Labute approximate surface area is 96.0 Å². The smallest absolute Gasteiger partial charge is 0.00978 e. The van der Waals surface area contributed by atoms with Gasteiger partial charge in [0.25, 0.3) is 0 Å². The van der Waals surface area contributed by atoms with Crippen LogP contribution in [0.2, 0.25) is 0 Å². The zero-order chi connectivity index (χ0) is 11.4. The maximum Gasteiger partial charge on any atom is 0.00978 e. The van der Waals surface area contributed by atoms with Crippen LogP contribution in [0.25, 0.3) is 0 Å². The van der Waals surface area contributed by atoms with Gasteiger partial charge in [-0.05, 0) is 50.4 Å². The molecule has 1 fully saturated rings. The summed E-state index contributed by atoms with van der Waals surface area (Å²) in [6.07, 6.45) is 5.48. The van der Waals surface area contributed by atoms with Crippen molar-refractivity contribution in [3.8, 4) is 0 Å². The fourth-order valence-electron chi connectivity index (χ4n) is 2.63. The van der Waals surface area contributed by atoms with Gasteiger partial charge in [-0.2, -0.15) is 0 Å². The molecule has 4 atom stereocenters. The van der Waals surface area contributed by atoms with Crippen molar-refractivity contribution >= 4 is 0 Å². The van der Waals surface area contributed by atoms with Crippen LogP contribution in [0, 0.1) is 17.8 Å². The standard InChI is InChI=1S/C14H29N/c1-10(2)6-8-12(4)15-14-9-7-11(3)13(14)5/h10-15H,6-9H2,1-5H3. The van der Waals surface area contributed by atoms with Crippen molar-refractivity contribution in [3.05, 3.63) is 0 Å². The van der Waals surface area contributed by atoms with Crippen molar-refractivity contribution in [1.29, 1.82) is 0 Å². The lowest BCUT2D eigenvalue weighted by molar-refractivity contribution is 0.328. The van der Waals surface area contributed by atoms with Gasteiger partial charge in [0.05, 0.1) is 0 Å². The first-order valence-corrected chi connectivity index (χ1v) is 6.76. The molecule has 0 aromatic carbocycles. The van der Waals surface area contributed by atoms with Gasteiger partial charge >= 0.3 is 0 Å². The molecule has 0 radical (unpaired) electrons. The van der Waals surface area contributed by atoms with Crippen LogP contribution in [0.15, 0.2) is 0 Å². The molecule has 1 N–H and O–H groups in total. The third-order valence-electron chi connectivity index (χ3n) is 4.14. The normalized spacial score (nSPS) is 33.6. The van der Waals surface area contributed by atoms with E-state index in [2.05, 4.69) is 39.9 Å². The Morgan fingerprint density at radius 1 is 1.07 bits per heavy atom. The molecule has 1 nitrogen and oxygen atoms in total. The van der Waals surface area contributed by atoms with E-state index in [0.717, 1.165) is 23.8 Å². The average molecular weight is 211 g/mol. The van der Waals surface area contributed by atoms with Crippen LogP contribution in [0.5, 0.6) is 0 Å². The Hall–Kier alpha value is -0.0400. The highest BCUT2D eigenvalue weighted by Crippen LogP contribution is 2.31. The lowest BCUT2D eigenvalue weighted by atomic mass is 9.96. The quantitative estimate of drug-likeness (QED) is 0.728. The molecule has 1 aliphatic carbocycles. The Bertz CT molecular complexity index is 176. The molecule has 1 heteroatoms. The number of rotatable bonds is 5. The van der Waals surface area contributed by atoms with E-state index in [1.807, 2.05) is 0 Å². The van der Waals surface area contributed by atoms with Gasteiger partial charge in [0.15, 0.2) is 0 Å². The van der Waals surface area contributed by atoms with Crippen molar-refractivity contribution < 1.29 is 0 Å². The second-order valence-electron chi connectivity index (χ2n) is 6.06. The molecule has 0 bridgehead atoms. The monoisotopic (exact) mass is 211 g/mol. The summed E-state index contributed by atoms with van der Waals surface area (Å²) in [6.45, 7) is 11.8. The van der Waals surface area contributed by atoms with Crippen LogP contribution in [0.4, 0.5) is 0 Å². The first kappa shape index (κ1) is 13.0. The van der Waals surface area contributed by atoms with Crippen molar-refractivity contribution in [2.24, 2.45) is 17.8 Å². The molecule has 1 saturated carbocycles. The van der Waals surface area contributed by atoms with E-state index in [-0.39, 0.29) is 0 Å². The van der Waals surface area contributed by atoms with Gasteiger partial charge in [-0.3, -0.25) is 0 Å². The summed E-state index contributed by atoms with van der Waals surface area (Å²) in [5.41, 5.74) is 0. The molecule has 0 aromatic heterocycles. The molecular formula is C14H29N. The third-order valence-corrected chi connectivity index (χ3v) is 4.14. The zero-order valence-electron chi connectivity index (χ0n) is 11.2. The highest BCUT2D eigenvalue weighted by Gasteiger charge is 2.29. The molecule has 0 aliphatic heterocycles. The molecular weight excluding hydrogens is 182 g/mol. The van der Waals surface area contributed by atoms with Crippen molar-refractivity contribution in [1.82, 2.24) is 5.32 Å². The summed E-state index contributed by atoms with van der Waals surface area (Å²) >= 11 is 0. The van der Waals surface area contributed by atoms with E-state index in [1.165, 1.54) is 25.7 Å². The number of hydrogen-bond acceptors (Lipinski definition) is 1. The van der Waals surface area contributed by atoms with Crippen molar-refractivity contribution in [2.45, 2.75) is 72.4 Å². The van der Waals surface area contributed by atoms with E-state index in [9.17, 15) is 0 Å². The topological polar surface area (TPSA) is 12.0 Å². The summed E-state index contributed by atoms with van der Waals surface area (Å²) in [7, 11) is 0. The highest BCUT2D eigenvalue weighted by molar-refractivity contribution is 4.86. The first-order chi connectivity index (χ1) is 7.00. The van der Waals surface area contributed by atoms with Crippen LogP contribution < -0.4 is 5.32 Å². The Balaban J connectivity index is 2.23. The maximum atomic E-state index is 3.81. The molecule has 15 heavy (non-hydrogen) atoms. The van der Waals surface area contributed by atoms with E-state index >= 15 is 0 Å². The van der Waals surface area contributed by atoms with Crippen LogP contribution in [0.3, 0.4) is 0 Å². The molecule has 0 aromatic rings. The third kappa shape index (κ3) is 4.14. The minimum absolute atomic E-state index is 0.699. The summed E-state index contributed by atoms with van der Waals surface area (Å²) < 4.78 is 0. The van der Waals surface area contributed by atoms with Gasteiger partial charge in [0.1, 0.15) is 0 Å². The second kappa shape index (κ2) is 5.89. The van der Waals surface area contributed by atoms with Gasteiger partial charge < -0.3 is 5.32 Å². The number of nitrogens with one attached hydrogen (secondary N) is 1. The largest absolute Gasteiger partial charge is 0.311 e. The summed E-state index contributed by atoms with van der Waals surface area (Å²) in [5.74, 6) is 2.63. The van der Waals surface area contributed by atoms with Gasteiger partial charge in [0.2, 0.25) is 0 Å². The Kier molecular flexibility index (Phi) is 5.11. The summed E-state index contributed by atoms with van der Waals surface area (Å²) in [5, 5.41) is 3.81. The van der Waals surface area contributed by atoms with Gasteiger partial charge in [-0.25, -0.2) is 0 Å². The molecule has 4 unspecified atom stereocenters. The molecule has 1 rings (SSSR count). The summed E-state index contributed by atoms with van der Waals surface area (Å²) in [6, 6.07) is 1.48. The lowest BCUT2D eigenvalue weighted by Crippen LogP contribution is -2.38. The fraction of sp³-hybridized carbons (Fsp3) is 1.00. The van der Waals surface area contributed by atoms with E-state index in [1.54, 1.807) is 0 Å². The average Bonchev–Trinajstić information content (AvgIpc) is 2.47. The molecule has 1 aliphatic rings. The van der Waals surface area contributed by atoms with Gasteiger partial charge in [-0.1, -0.05) is 27.7 Å². The molecule has 90 valence electrons. The summed E-state index contributed by atoms with van der Waals surface area (Å²) in [4.78, 5) is 0. The Morgan fingerprint density at radius 2 is 1.73 bits per heavy atom. The van der Waals surface area contributed by atoms with Crippen LogP contribution in [-0.4, -0.2) is 12.1 Å². The lowest BCUT2D eigenvalue weighted by Gasteiger charge is -2.24. The first-order valence-electron chi connectivity index (χ1n) is 6.76. The molecule has 0 heterocycles. The van der Waals surface area contributed by atoms with E-state index in [4.69, 9.17) is 0 Å². The minimum Gasteiger partial charge on any atom is -0.311 e. The highest BCUT2D eigenvalue weighted by atomic mass is 15.0. The van der Waals surface area contributed by atoms with Gasteiger partial charge in [0, 0.05) is 12.1 Å². The van der Waals surface area contributed by atoms with Crippen molar-refractivity contribution in [3.63, 3.8) is 0 Å². The van der Waals surface area contributed by atoms with E-state index < -0.39 is 0 Å². The Morgan fingerprint density at radius 3 is 2.20 bits per heavy atom. The second-order valence-corrected chi connectivity index (χ2v) is 6.06. The minimum atomic E-state index is 0.699. The van der Waals surface area contributed by atoms with Crippen LogP contribution in [-0.2, 0) is 0 Å². The predicted octanol–water partition coefficient (Wildman–Crippen LogP) is 3.84. The predicted molar refractivity (Wildman–Crippen MR) is 68.0 cm³/mol. The SMILES string of the molecule is CC(C)CCC(C)NC1CCC(C)C1C.